The van der Waals surface area contributed by atoms with Crippen molar-refractivity contribution >= 4 is 11.6 Å². The smallest absolute Gasteiger partial charge is 0.234 e. The second-order valence-electron chi connectivity index (χ2n) is 6.94. The van der Waals surface area contributed by atoms with Crippen molar-refractivity contribution in [3.8, 4) is 6.07 Å². The van der Waals surface area contributed by atoms with E-state index in [2.05, 4.69) is 28.1 Å². The van der Waals surface area contributed by atoms with Crippen LogP contribution in [-0.4, -0.2) is 49.6 Å². The number of hydrogen-bond acceptors (Lipinski definition) is 4. The molecular weight excluding hydrogens is 300 g/mol. The quantitative estimate of drug-likeness (QED) is 0.899. The van der Waals surface area contributed by atoms with E-state index in [1.54, 1.807) is 0 Å². The molecule has 1 saturated carbocycles. The molecule has 1 amide bonds. The summed E-state index contributed by atoms with van der Waals surface area (Å²) in [6, 6.07) is 10.3. The third kappa shape index (κ3) is 4.27. The number of nitrogens with one attached hydrogen (secondary N) is 1. The number of benzene rings is 1. The van der Waals surface area contributed by atoms with Crippen molar-refractivity contribution in [2.75, 3.05) is 37.6 Å². The molecule has 1 unspecified atom stereocenters. The standard InChI is InChI=1S/C19H26N4O/c1-15(16-7-8-16)21-19(24)14-22-9-4-10-23(12-11-22)18-6-3-2-5-17(18)13-20/h2-3,5-6,15-16H,4,7-12,14H2,1H3,(H,21,24). The Bertz CT molecular complexity index is 620. The predicted molar refractivity (Wildman–Crippen MR) is 94.8 cm³/mol. The monoisotopic (exact) mass is 326 g/mol. The van der Waals surface area contributed by atoms with Crippen LogP contribution in [0.1, 0.15) is 31.7 Å². The van der Waals surface area contributed by atoms with Crippen LogP contribution in [-0.2, 0) is 4.79 Å². The number of anilines is 1. The molecule has 2 aliphatic rings. The lowest BCUT2D eigenvalue weighted by Gasteiger charge is -2.24. The summed E-state index contributed by atoms with van der Waals surface area (Å²) in [7, 11) is 0. The van der Waals surface area contributed by atoms with Crippen LogP contribution in [0, 0.1) is 17.2 Å². The van der Waals surface area contributed by atoms with Gasteiger partial charge in [0.05, 0.1) is 17.8 Å². The summed E-state index contributed by atoms with van der Waals surface area (Å²) in [5, 5.41) is 12.4. The minimum Gasteiger partial charge on any atom is -0.369 e. The zero-order valence-corrected chi connectivity index (χ0v) is 14.4. The highest BCUT2D eigenvalue weighted by Crippen LogP contribution is 2.32. The van der Waals surface area contributed by atoms with Gasteiger partial charge in [-0.05, 0) is 44.2 Å². The van der Waals surface area contributed by atoms with Gasteiger partial charge in [0.1, 0.15) is 6.07 Å². The Morgan fingerprint density at radius 2 is 2.08 bits per heavy atom. The van der Waals surface area contributed by atoms with Crippen molar-refractivity contribution in [2.24, 2.45) is 5.92 Å². The van der Waals surface area contributed by atoms with E-state index in [4.69, 9.17) is 0 Å². The van der Waals surface area contributed by atoms with Gasteiger partial charge < -0.3 is 10.2 Å². The molecule has 3 rings (SSSR count). The van der Waals surface area contributed by atoms with Gasteiger partial charge in [0.15, 0.2) is 0 Å². The van der Waals surface area contributed by atoms with Crippen LogP contribution in [0.4, 0.5) is 5.69 Å². The van der Waals surface area contributed by atoms with Crippen LogP contribution < -0.4 is 10.2 Å². The number of carbonyl (C=O) groups is 1. The number of nitriles is 1. The van der Waals surface area contributed by atoms with Gasteiger partial charge in [0.2, 0.25) is 5.91 Å². The lowest BCUT2D eigenvalue weighted by atomic mass is 10.1. The summed E-state index contributed by atoms with van der Waals surface area (Å²) in [6.45, 7) is 6.14. The van der Waals surface area contributed by atoms with Gasteiger partial charge in [-0.15, -0.1) is 0 Å². The molecule has 1 aliphatic carbocycles. The molecule has 5 nitrogen and oxygen atoms in total. The number of amides is 1. The average molecular weight is 326 g/mol. The van der Waals surface area contributed by atoms with Gasteiger partial charge in [-0.3, -0.25) is 9.69 Å². The molecule has 5 heteroatoms. The Kier molecular flexibility index (Phi) is 5.37. The van der Waals surface area contributed by atoms with Gasteiger partial charge in [-0.25, -0.2) is 0 Å². The van der Waals surface area contributed by atoms with Crippen molar-refractivity contribution in [2.45, 2.75) is 32.2 Å². The maximum absolute atomic E-state index is 12.2. The zero-order valence-electron chi connectivity index (χ0n) is 14.4. The highest BCUT2D eigenvalue weighted by Gasteiger charge is 2.29. The molecular formula is C19H26N4O. The SMILES string of the molecule is CC(NC(=O)CN1CCCN(c2ccccc2C#N)CC1)C1CC1. The van der Waals surface area contributed by atoms with Crippen molar-refractivity contribution in [3.05, 3.63) is 29.8 Å². The van der Waals surface area contributed by atoms with Gasteiger partial charge in [0, 0.05) is 32.2 Å². The highest BCUT2D eigenvalue weighted by molar-refractivity contribution is 5.78. The zero-order chi connectivity index (χ0) is 16.9. The molecule has 0 spiro atoms. The second-order valence-corrected chi connectivity index (χ2v) is 6.94. The van der Waals surface area contributed by atoms with E-state index in [1.807, 2.05) is 24.3 Å². The third-order valence-corrected chi connectivity index (χ3v) is 5.04. The van der Waals surface area contributed by atoms with E-state index < -0.39 is 0 Å². The molecule has 1 atom stereocenters. The van der Waals surface area contributed by atoms with Crippen LogP contribution in [0.3, 0.4) is 0 Å². The Morgan fingerprint density at radius 3 is 2.83 bits per heavy atom. The van der Waals surface area contributed by atoms with E-state index in [9.17, 15) is 10.1 Å². The van der Waals surface area contributed by atoms with E-state index in [1.165, 1.54) is 12.8 Å². The fourth-order valence-electron chi connectivity index (χ4n) is 3.43. The molecule has 0 aromatic heterocycles. The molecule has 1 saturated heterocycles. The van der Waals surface area contributed by atoms with E-state index in [0.29, 0.717) is 18.5 Å². The molecule has 1 aliphatic heterocycles. The molecule has 1 heterocycles. The van der Waals surface area contributed by atoms with E-state index in [-0.39, 0.29) is 5.91 Å². The van der Waals surface area contributed by atoms with Gasteiger partial charge in [0.25, 0.3) is 0 Å². The average Bonchev–Trinajstić information content (AvgIpc) is 3.42. The first-order valence-electron chi connectivity index (χ1n) is 8.93. The summed E-state index contributed by atoms with van der Waals surface area (Å²) in [5.41, 5.74) is 1.73. The molecule has 1 aromatic rings. The number of rotatable bonds is 5. The first-order chi connectivity index (χ1) is 11.7. The number of hydrogen-bond donors (Lipinski definition) is 1. The maximum atomic E-state index is 12.2. The minimum absolute atomic E-state index is 0.139. The van der Waals surface area contributed by atoms with Crippen molar-refractivity contribution in [3.63, 3.8) is 0 Å². The highest BCUT2D eigenvalue weighted by atomic mass is 16.2. The first kappa shape index (κ1) is 16.8. The van der Waals surface area contributed by atoms with E-state index in [0.717, 1.165) is 43.9 Å². The summed E-state index contributed by atoms with van der Waals surface area (Å²) in [4.78, 5) is 16.7. The van der Waals surface area contributed by atoms with Crippen molar-refractivity contribution in [1.29, 1.82) is 5.26 Å². The van der Waals surface area contributed by atoms with Crippen LogP contribution in [0.2, 0.25) is 0 Å². The topological polar surface area (TPSA) is 59.4 Å². The lowest BCUT2D eigenvalue weighted by Crippen LogP contribution is -2.43. The predicted octanol–water partition coefficient (Wildman–Crippen LogP) is 1.99. The van der Waals surface area contributed by atoms with Crippen molar-refractivity contribution in [1.82, 2.24) is 10.2 Å². The van der Waals surface area contributed by atoms with Crippen LogP contribution in [0.25, 0.3) is 0 Å². The van der Waals surface area contributed by atoms with Gasteiger partial charge in [-0.1, -0.05) is 12.1 Å². The number of nitrogens with zero attached hydrogens (tertiary/aromatic N) is 3. The maximum Gasteiger partial charge on any atom is 0.234 e. The lowest BCUT2D eigenvalue weighted by molar-refractivity contribution is -0.122. The first-order valence-corrected chi connectivity index (χ1v) is 8.93. The summed E-state index contributed by atoms with van der Waals surface area (Å²) >= 11 is 0. The number of carbonyl (C=O) groups excluding carboxylic acids is 1. The van der Waals surface area contributed by atoms with Gasteiger partial charge in [-0.2, -0.15) is 5.26 Å². The van der Waals surface area contributed by atoms with Crippen LogP contribution in [0.15, 0.2) is 24.3 Å². The fraction of sp³-hybridized carbons (Fsp3) is 0.579. The summed E-state index contributed by atoms with van der Waals surface area (Å²) in [5.74, 6) is 0.830. The molecule has 1 N–H and O–H groups in total. The molecule has 24 heavy (non-hydrogen) atoms. The second kappa shape index (κ2) is 7.67. The van der Waals surface area contributed by atoms with Crippen molar-refractivity contribution < 1.29 is 4.79 Å². The summed E-state index contributed by atoms with van der Waals surface area (Å²) < 4.78 is 0. The number of para-hydroxylation sites is 1. The molecule has 1 aromatic carbocycles. The molecule has 128 valence electrons. The normalized spacial score (nSPS) is 20.1. The fourth-order valence-corrected chi connectivity index (χ4v) is 3.43. The minimum atomic E-state index is 0.139. The summed E-state index contributed by atoms with van der Waals surface area (Å²) in [6.07, 6.45) is 3.50. The Balaban J connectivity index is 1.53. The Hall–Kier alpha value is -2.06. The van der Waals surface area contributed by atoms with Crippen LogP contribution in [0.5, 0.6) is 0 Å². The molecule has 0 bridgehead atoms. The Morgan fingerprint density at radius 1 is 1.29 bits per heavy atom. The molecule has 0 radical (unpaired) electrons. The third-order valence-electron chi connectivity index (χ3n) is 5.04. The van der Waals surface area contributed by atoms with E-state index >= 15 is 0 Å². The Labute approximate surface area is 144 Å². The molecule has 2 fully saturated rings. The largest absolute Gasteiger partial charge is 0.369 e. The van der Waals surface area contributed by atoms with Crippen LogP contribution >= 0.6 is 0 Å². The van der Waals surface area contributed by atoms with Gasteiger partial charge >= 0.3 is 0 Å².